The third-order valence-electron chi connectivity index (χ3n) is 4.60. The fraction of sp³-hybridized carbons (Fsp3) is 0.500. The van der Waals surface area contributed by atoms with E-state index in [4.69, 9.17) is 14.6 Å². The first-order valence-electron chi connectivity index (χ1n) is 8.93. The number of nitrogens with zero attached hydrogens (tertiary/aromatic N) is 1. The largest absolute Gasteiger partial charge is 0.493 e. The third kappa shape index (κ3) is 5.79. The molecule has 0 saturated carbocycles. The van der Waals surface area contributed by atoms with E-state index < -0.39 is 5.97 Å². The number of likely N-dealkylation sites (tertiary alicyclic amines) is 1. The average Bonchev–Trinajstić information content (AvgIpc) is 2.65. The molecular weight excluding hydrogens is 334 g/mol. The van der Waals surface area contributed by atoms with E-state index in [9.17, 15) is 9.59 Å². The second-order valence-corrected chi connectivity index (χ2v) is 6.55. The topological polar surface area (TPSA) is 76.1 Å². The van der Waals surface area contributed by atoms with Crippen molar-refractivity contribution in [2.24, 2.45) is 5.92 Å². The molecule has 0 spiro atoms. The molecule has 26 heavy (non-hydrogen) atoms. The number of rotatable bonds is 9. The first-order valence-corrected chi connectivity index (χ1v) is 8.93. The summed E-state index contributed by atoms with van der Waals surface area (Å²) >= 11 is 0. The minimum Gasteiger partial charge on any atom is -0.493 e. The molecule has 1 saturated heterocycles. The molecule has 0 radical (unpaired) electrons. The Morgan fingerprint density at radius 1 is 1.38 bits per heavy atom. The fourth-order valence-corrected chi connectivity index (χ4v) is 3.21. The van der Waals surface area contributed by atoms with Gasteiger partial charge in [0.25, 0.3) is 5.91 Å². The molecule has 1 amide bonds. The second kappa shape index (κ2) is 9.85. The van der Waals surface area contributed by atoms with Crippen molar-refractivity contribution < 1.29 is 24.2 Å². The van der Waals surface area contributed by atoms with Gasteiger partial charge in [-0.2, -0.15) is 0 Å². The van der Waals surface area contributed by atoms with E-state index >= 15 is 0 Å². The summed E-state index contributed by atoms with van der Waals surface area (Å²) in [4.78, 5) is 25.0. The van der Waals surface area contributed by atoms with Crippen molar-refractivity contribution in [1.82, 2.24) is 4.90 Å². The Hall–Kier alpha value is -2.50. The molecule has 1 aromatic rings. The van der Waals surface area contributed by atoms with Crippen LogP contribution in [-0.4, -0.2) is 48.7 Å². The van der Waals surface area contributed by atoms with Gasteiger partial charge in [0.2, 0.25) is 0 Å². The summed E-state index contributed by atoms with van der Waals surface area (Å²) in [5, 5.41) is 8.81. The van der Waals surface area contributed by atoms with E-state index in [2.05, 4.69) is 6.58 Å². The van der Waals surface area contributed by atoms with Gasteiger partial charge in [0.15, 0.2) is 18.1 Å². The van der Waals surface area contributed by atoms with Crippen LogP contribution >= 0.6 is 0 Å². The van der Waals surface area contributed by atoms with Crippen molar-refractivity contribution in [2.45, 2.75) is 32.1 Å². The summed E-state index contributed by atoms with van der Waals surface area (Å²) in [5.74, 6) is 0.505. The molecule has 6 nitrogen and oxygen atoms in total. The van der Waals surface area contributed by atoms with Crippen LogP contribution in [-0.2, 0) is 16.0 Å². The molecule has 0 aliphatic carbocycles. The molecule has 1 aliphatic heterocycles. The van der Waals surface area contributed by atoms with E-state index in [0.717, 1.165) is 24.8 Å². The van der Waals surface area contributed by atoms with Crippen LogP contribution in [0.4, 0.5) is 0 Å². The number of carboxylic acid groups (broad SMARTS) is 1. The van der Waals surface area contributed by atoms with Crippen LogP contribution in [0.1, 0.15) is 31.2 Å². The number of ether oxygens (including phenoxy) is 2. The van der Waals surface area contributed by atoms with Crippen molar-refractivity contribution in [1.29, 1.82) is 0 Å². The molecular formula is C20H27NO5. The highest BCUT2D eigenvalue weighted by Gasteiger charge is 2.24. The second-order valence-electron chi connectivity index (χ2n) is 6.55. The van der Waals surface area contributed by atoms with Crippen molar-refractivity contribution in [2.75, 3.05) is 26.8 Å². The quantitative estimate of drug-likeness (QED) is 0.685. The highest BCUT2D eigenvalue weighted by Crippen LogP contribution is 2.28. The predicted octanol–water partition coefficient (Wildman–Crippen LogP) is 2.91. The average molecular weight is 361 g/mol. The van der Waals surface area contributed by atoms with Crippen molar-refractivity contribution >= 4 is 11.9 Å². The standard InChI is InChI=1S/C20H27NO5/c1-3-5-15-7-9-17(18(12-15)25-2)26-14-19(22)21-11-4-6-16(13-21)8-10-20(23)24/h3,7,9,12,16H,1,4-6,8,10-11,13-14H2,2H3,(H,23,24). The van der Waals surface area contributed by atoms with Crippen LogP contribution in [0.5, 0.6) is 11.5 Å². The molecule has 0 aromatic heterocycles. The van der Waals surface area contributed by atoms with Gasteiger partial charge in [-0.3, -0.25) is 9.59 Å². The zero-order chi connectivity index (χ0) is 18.9. The number of piperidine rings is 1. The summed E-state index contributed by atoms with van der Waals surface area (Å²) in [5.41, 5.74) is 1.06. The lowest BCUT2D eigenvalue weighted by Gasteiger charge is -2.32. The molecule has 1 N–H and O–H groups in total. The van der Waals surface area contributed by atoms with Gasteiger partial charge in [-0.25, -0.2) is 0 Å². The minimum absolute atomic E-state index is 0.0528. The van der Waals surface area contributed by atoms with Gasteiger partial charge in [0.05, 0.1) is 7.11 Å². The predicted molar refractivity (Wildman–Crippen MR) is 98.6 cm³/mol. The number of aliphatic carboxylic acids is 1. The monoisotopic (exact) mass is 361 g/mol. The summed E-state index contributed by atoms with van der Waals surface area (Å²) < 4.78 is 11.0. The smallest absolute Gasteiger partial charge is 0.303 e. The van der Waals surface area contributed by atoms with E-state index in [1.165, 1.54) is 0 Å². The molecule has 1 atom stereocenters. The Kier molecular flexibility index (Phi) is 7.51. The molecule has 1 fully saturated rings. The van der Waals surface area contributed by atoms with Crippen molar-refractivity contribution in [3.63, 3.8) is 0 Å². The first kappa shape index (κ1) is 19.8. The van der Waals surface area contributed by atoms with Gasteiger partial charge < -0.3 is 19.5 Å². The maximum Gasteiger partial charge on any atom is 0.303 e. The SMILES string of the molecule is C=CCc1ccc(OCC(=O)N2CCCC(CCC(=O)O)C2)c(OC)c1. The highest BCUT2D eigenvalue weighted by atomic mass is 16.5. The van der Waals surface area contributed by atoms with Crippen LogP contribution in [0.2, 0.25) is 0 Å². The van der Waals surface area contributed by atoms with Gasteiger partial charge in [-0.15, -0.1) is 6.58 Å². The zero-order valence-electron chi connectivity index (χ0n) is 15.3. The molecule has 6 heteroatoms. The van der Waals surface area contributed by atoms with Gasteiger partial charge in [0.1, 0.15) is 0 Å². The van der Waals surface area contributed by atoms with Gasteiger partial charge in [0, 0.05) is 19.5 Å². The number of amides is 1. The Morgan fingerprint density at radius 2 is 2.19 bits per heavy atom. The number of hydrogen-bond donors (Lipinski definition) is 1. The third-order valence-corrected chi connectivity index (χ3v) is 4.60. The number of carbonyl (C=O) groups is 2. The molecule has 1 aromatic carbocycles. The number of carboxylic acids is 1. The molecule has 1 heterocycles. The number of benzene rings is 1. The first-order chi connectivity index (χ1) is 12.5. The summed E-state index contributed by atoms with van der Waals surface area (Å²) in [6, 6.07) is 5.61. The lowest BCUT2D eigenvalue weighted by molar-refractivity contribution is -0.137. The Labute approximate surface area is 154 Å². The van der Waals surface area contributed by atoms with Gasteiger partial charge >= 0.3 is 5.97 Å². The molecule has 1 aliphatic rings. The van der Waals surface area contributed by atoms with Crippen LogP contribution in [0.25, 0.3) is 0 Å². The van der Waals surface area contributed by atoms with Crippen LogP contribution in [0.3, 0.4) is 0 Å². The Balaban J connectivity index is 1.89. The fourth-order valence-electron chi connectivity index (χ4n) is 3.21. The van der Waals surface area contributed by atoms with Crippen molar-refractivity contribution in [3.8, 4) is 11.5 Å². The summed E-state index contributed by atoms with van der Waals surface area (Å²) in [6.45, 7) is 4.96. The Bertz CT molecular complexity index is 643. The lowest BCUT2D eigenvalue weighted by atomic mass is 9.93. The van der Waals surface area contributed by atoms with E-state index in [0.29, 0.717) is 31.0 Å². The Morgan fingerprint density at radius 3 is 2.88 bits per heavy atom. The van der Waals surface area contributed by atoms with Crippen molar-refractivity contribution in [3.05, 3.63) is 36.4 Å². The number of methoxy groups -OCH3 is 1. The van der Waals surface area contributed by atoms with Crippen LogP contribution in [0, 0.1) is 5.92 Å². The zero-order valence-corrected chi connectivity index (χ0v) is 15.3. The maximum atomic E-state index is 12.5. The number of allylic oxidation sites excluding steroid dienone is 1. The highest BCUT2D eigenvalue weighted by molar-refractivity contribution is 5.78. The summed E-state index contributed by atoms with van der Waals surface area (Å²) in [7, 11) is 1.57. The maximum absolute atomic E-state index is 12.5. The van der Waals surface area contributed by atoms with Gasteiger partial charge in [-0.05, 0) is 49.3 Å². The van der Waals surface area contributed by atoms with E-state index in [1.807, 2.05) is 18.2 Å². The molecule has 142 valence electrons. The molecule has 2 rings (SSSR count). The molecule has 1 unspecified atom stereocenters. The summed E-state index contributed by atoms with van der Waals surface area (Å²) in [6.07, 6.45) is 5.18. The van der Waals surface area contributed by atoms with Gasteiger partial charge in [-0.1, -0.05) is 12.1 Å². The van der Waals surface area contributed by atoms with Crippen LogP contribution in [0.15, 0.2) is 30.9 Å². The normalized spacial score (nSPS) is 16.8. The number of carbonyl (C=O) groups excluding carboxylic acids is 1. The van der Waals surface area contributed by atoms with E-state index in [-0.39, 0.29) is 24.9 Å². The number of hydrogen-bond acceptors (Lipinski definition) is 4. The minimum atomic E-state index is -0.788. The van der Waals surface area contributed by atoms with Crippen LogP contribution < -0.4 is 9.47 Å². The molecule has 0 bridgehead atoms. The van der Waals surface area contributed by atoms with E-state index in [1.54, 1.807) is 18.1 Å². The lowest BCUT2D eigenvalue weighted by Crippen LogP contribution is -2.42.